The number of rotatable bonds is 3. The van der Waals surface area contributed by atoms with Crippen LogP contribution in [0.15, 0.2) is 24.5 Å². The maximum atomic E-state index is 4.73. The first-order valence-electron chi connectivity index (χ1n) is 7.65. The van der Waals surface area contributed by atoms with Crippen LogP contribution in [0.5, 0.6) is 0 Å². The van der Waals surface area contributed by atoms with Crippen LogP contribution in [0.3, 0.4) is 0 Å². The molecule has 21 heavy (non-hydrogen) atoms. The van der Waals surface area contributed by atoms with Gasteiger partial charge in [-0.15, -0.1) is 0 Å². The van der Waals surface area contributed by atoms with Gasteiger partial charge in [-0.05, 0) is 51.2 Å². The van der Waals surface area contributed by atoms with Crippen LogP contribution in [0.2, 0.25) is 0 Å². The second-order valence-corrected chi connectivity index (χ2v) is 6.11. The molecule has 1 saturated carbocycles. The lowest BCUT2D eigenvalue weighted by Gasteiger charge is -2.17. The summed E-state index contributed by atoms with van der Waals surface area (Å²) in [4.78, 5) is 13.5. The zero-order chi connectivity index (χ0) is 14.8. The molecule has 2 heterocycles. The van der Waals surface area contributed by atoms with E-state index in [1.807, 2.05) is 25.3 Å². The van der Waals surface area contributed by atoms with Gasteiger partial charge in [0.25, 0.3) is 0 Å². The molecule has 1 fully saturated rings. The van der Waals surface area contributed by atoms with E-state index in [1.165, 1.54) is 19.3 Å². The minimum Gasteiger partial charge on any atom is -0.367 e. The fourth-order valence-electron chi connectivity index (χ4n) is 2.93. The summed E-state index contributed by atoms with van der Waals surface area (Å²) in [5, 5.41) is 3.62. The van der Waals surface area contributed by atoms with Crippen molar-refractivity contribution in [1.29, 1.82) is 0 Å². The number of pyridine rings is 1. The van der Waals surface area contributed by atoms with Gasteiger partial charge in [0.15, 0.2) is 5.82 Å². The van der Waals surface area contributed by atoms with Crippen molar-refractivity contribution in [1.82, 2.24) is 15.0 Å². The molecule has 110 valence electrons. The zero-order valence-corrected chi connectivity index (χ0v) is 12.9. The fraction of sp³-hybridized carbons (Fsp3) is 0.471. The Labute approximate surface area is 126 Å². The molecule has 0 saturated heterocycles. The van der Waals surface area contributed by atoms with Gasteiger partial charge in [0, 0.05) is 35.3 Å². The number of aromatic nitrogens is 3. The summed E-state index contributed by atoms with van der Waals surface area (Å²) in [7, 11) is 0. The average Bonchev–Trinajstić information content (AvgIpc) is 2.90. The first-order valence-corrected chi connectivity index (χ1v) is 7.65. The number of anilines is 1. The second kappa shape index (κ2) is 5.80. The van der Waals surface area contributed by atoms with Crippen molar-refractivity contribution in [2.45, 2.75) is 46.1 Å². The van der Waals surface area contributed by atoms with Crippen LogP contribution >= 0.6 is 0 Å². The van der Waals surface area contributed by atoms with Crippen LogP contribution in [0.4, 0.5) is 5.82 Å². The van der Waals surface area contributed by atoms with E-state index < -0.39 is 0 Å². The van der Waals surface area contributed by atoms with E-state index >= 15 is 0 Å². The van der Waals surface area contributed by atoms with Gasteiger partial charge in [-0.2, -0.15) is 0 Å². The summed E-state index contributed by atoms with van der Waals surface area (Å²) in [5.74, 6) is 2.53. The third-order valence-corrected chi connectivity index (χ3v) is 4.34. The highest BCUT2D eigenvalue weighted by molar-refractivity contribution is 5.58. The molecule has 0 radical (unpaired) electrons. The summed E-state index contributed by atoms with van der Waals surface area (Å²) in [6, 6.07) is 4.45. The predicted octanol–water partition coefficient (Wildman–Crippen LogP) is 3.76. The van der Waals surface area contributed by atoms with Gasteiger partial charge in [-0.25, -0.2) is 9.97 Å². The van der Waals surface area contributed by atoms with Crippen LogP contribution < -0.4 is 5.32 Å². The molecule has 2 aromatic rings. The monoisotopic (exact) mass is 282 g/mol. The van der Waals surface area contributed by atoms with E-state index in [0.717, 1.165) is 34.4 Å². The van der Waals surface area contributed by atoms with Crippen LogP contribution in [0.1, 0.15) is 37.4 Å². The molecule has 1 aliphatic carbocycles. The Balaban J connectivity index is 1.91. The van der Waals surface area contributed by atoms with Crippen molar-refractivity contribution in [2.75, 3.05) is 5.32 Å². The van der Waals surface area contributed by atoms with Crippen molar-refractivity contribution in [3.8, 4) is 11.4 Å². The lowest BCUT2D eigenvalue weighted by molar-refractivity contribution is 0.602. The first-order chi connectivity index (χ1) is 10.1. The lowest BCUT2D eigenvalue weighted by Crippen LogP contribution is -2.18. The molecular formula is C17H22N4. The third kappa shape index (κ3) is 3.04. The summed E-state index contributed by atoms with van der Waals surface area (Å²) in [5.41, 5.74) is 3.13. The number of hydrogen-bond acceptors (Lipinski definition) is 4. The van der Waals surface area contributed by atoms with Gasteiger partial charge >= 0.3 is 0 Å². The van der Waals surface area contributed by atoms with Crippen molar-refractivity contribution in [2.24, 2.45) is 5.92 Å². The van der Waals surface area contributed by atoms with Gasteiger partial charge < -0.3 is 5.32 Å². The number of aryl methyl sites for hydroxylation is 1. The van der Waals surface area contributed by atoms with Crippen molar-refractivity contribution < 1.29 is 0 Å². The molecule has 0 aliphatic heterocycles. The second-order valence-electron chi connectivity index (χ2n) is 6.11. The van der Waals surface area contributed by atoms with E-state index in [4.69, 9.17) is 4.98 Å². The third-order valence-electron chi connectivity index (χ3n) is 4.34. The Morgan fingerprint density at radius 3 is 2.71 bits per heavy atom. The first kappa shape index (κ1) is 14.0. The Bertz CT molecular complexity index is 624. The van der Waals surface area contributed by atoms with Crippen molar-refractivity contribution >= 4 is 5.82 Å². The van der Waals surface area contributed by atoms with Crippen molar-refractivity contribution in [3.63, 3.8) is 0 Å². The molecule has 0 aromatic carbocycles. The van der Waals surface area contributed by atoms with E-state index in [0.29, 0.717) is 6.04 Å². The van der Waals surface area contributed by atoms with E-state index in [1.54, 1.807) is 6.20 Å². The SMILES string of the molecule is Cc1nc(-c2cccnc2)nc(NC2CCC(C)C2)c1C. The molecule has 1 N–H and O–H groups in total. The zero-order valence-electron chi connectivity index (χ0n) is 12.9. The molecular weight excluding hydrogens is 260 g/mol. The van der Waals surface area contributed by atoms with Gasteiger partial charge in [-0.1, -0.05) is 6.92 Å². The minimum absolute atomic E-state index is 0.537. The average molecular weight is 282 g/mol. The van der Waals surface area contributed by atoms with Gasteiger partial charge in [0.05, 0.1) is 0 Å². The maximum absolute atomic E-state index is 4.73. The van der Waals surface area contributed by atoms with Crippen LogP contribution in [-0.4, -0.2) is 21.0 Å². The molecule has 3 rings (SSSR count). The normalized spacial score (nSPS) is 21.5. The van der Waals surface area contributed by atoms with Gasteiger partial charge in [0.1, 0.15) is 5.82 Å². The summed E-state index contributed by atoms with van der Waals surface area (Å²) >= 11 is 0. The molecule has 4 heteroatoms. The number of nitrogens with one attached hydrogen (secondary N) is 1. The molecule has 1 aliphatic rings. The van der Waals surface area contributed by atoms with Crippen LogP contribution in [-0.2, 0) is 0 Å². The fourth-order valence-corrected chi connectivity index (χ4v) is 2.93. The minimum atomic E-state index is 0.537. The summed E-state index contributed by atoms with van der Waals surface area (Å²) in [6.07, 6.45) is 7.34. The lowest BCUT2D eigenvalue weighted by atomic mass is 10.1. The Hall–Kier alpha value is -1.97. The molecule has 2 unspecified atom stereocenters. The highest BCUT2D eigenvalue weighted by Gasteiger charge is 2.22. The van der Waals surface area contributed by atoms with Gasteiger partial charge in [-0.3, -0.25) is 4.98 Å². The smallest absolute Gasteiger partial charge is 0.163 e. The van der Waals surface area contributed by atoms with E-state index in [9.17, 15) is 0 Å². The predicted molar refractivity (Wildman–Crippen MR) is 85.2 cm³/mol. The molecule has 0 amide bonds. The van der Waals surface area contributed by atoms with Crippen LogP contribution in [0, 0.1) is 19.8 Å². The van der Waals surface area contributed by atoms with Gasteiger partial charge in [0.2, 0.25) is 0 Å². The molecule has 2 aromatic heterocycles. The molecule has 4 nitrogen and oxygen atoms in total. The highest BCUT2D eigenvalue weighted by atomic mass is 15.1. The summed E-state index contributed by atoms with van der Waals surface area (Å²) < 4.78 is 0. The number of hydrogen-bond donors (Lipinski definition) is 1. The molecule has 0 bridgehead atoms. The standard InChI is InChI=1S/C17H22N4/c1-11-6-7-15(9-11)20-16-12(2)13(3)19-17(21-16)14-5-4-8-18-10-14/h4-5,8,10-11,15H,6-7,9H2,1-3H3,(H,19,20,21). The summed E-state index contributed by atoms with van der Waals surface area (Å²) in [6.45, 7) is 6.45. The largest absolute Gasteiger partial charge is 0.367 e. The highest BCUT2D eigenvalue weighted by Crippen LogP contribution is 2.29. The Morgan fingerprint density at radius 1 is 1.19 bits per heavy atom. The molecule has 0 spiro atoms. The topological polar surface area (TPSA) is 50.7 Å². The van der Waals surface area contributed by atoms with Crippen LogP contribution in [0.25, 0.3) is 11.4 Å². The Kier molecular flexibility index (Phi) is 3.86. The van der Waals surface area contributed by atoms with Crippen molar-refractivity contribution in [3.05, 3.63) is 35.8 Å². The quantitative estimate of drug-likeness (QED) is 0.931. The number of nitrogens with zero attached hydrogens (tertiary/aromatic N) is 3. The van der Waals surface area contributed by atoms with E-state index in [-0.39, 0.29) is 0 Å². The Morgan fingerprint density at radius 2 is 2.05 bits per heavy atom. The molecule has 2 atom stereocenters. The maximum Gasteiger partial charge on any atom is 0.163 e. The van der Waals surface area contributed by atoms with E-state index in [2.05, 4.69) is 29.1 Å².